The van der Waals surface area contributed by atoms with Gasteiger partial charge in [0.15, 0.2) is 0 Å². The van der Waals surface area contributed by atoms with Crippen LogP contribution in [0.25, 0.3) is 0 Å². The molecular weight excluding hydrogens is 297 g/mol. The van der Waals surface area contributed by atoms with Crippen LogP contribution >= 0.6 is 15.9 Å². The highest BCUT2D eigenvalue weighted by Gasteiger charge is 2.18. The van der Waals surface area contributed by atoms with Gasteiger partial charge in [0.25, 0.3) is 0 Å². The van der Waals surface area contributed by atoms with E-state index in [4.69, 9.17) is 4.42 Å². The van der Waals surface area contributed by atoms with Crippen molar-refractivity contribution in [1.82, 2.24) is 5.32 Å². The second-order valence-electron chi connectivity index (χ2n) is 4.11. The Kier molecular flexibility index (Phi) is 4.55. The summed E-state index contributed by atoms with van der Waals surface area (Å²) in [4.78, 5) is 0. The lowest BCUT2D eigenvalue weighted by molar-refractivity contribution is 0.530. The van der Waals surface area contributed by atoms with Crippen LogP contribution in [-0.4, -0.2) is 6.54 Å². The van der Waals surface area contributed by atoms with Gasteiger partial charge in [-0.1, -0.05) is 22.9 Å². The Balaban J connectivity index is 2.36. The molecule has 2 nitrogen and oxygen atoms in total. The van der Waals surface area contributed by atoms with Crippen LogP contribution in [0.2, 0.25) is 0 Å². The summed E-state index contributed by atoms with van der Waals surface area (Å²) in [5.41, 5.74) is 1.56. The SMILES string of the molecule is CCCNC(c1ccoc1)c1cc(Br)ccc1F. The summed E-state index contributed by atoms with van der Waals surface area (Å²) in [5.74, 6) is -0.215. The summed E-state index contributed by atoms with van der Waals surface area (Å²) in [5, 5.41) is 3.34. The molecule has 0 saturated carbocycles. The summed E-state index contributed by atoms with van der Waals surface area (Å²) in [6.07, 6.45) is 4.24. The van der Waals surface area contributed by atoms with Gasteiger partial charge in [-0.25, -0.2) is 4.39 Å². The van der Waals surface area contributed by atoms with E-state index < -0.39 is 0 Å². The van der Waals surface area contributed by atoms with Crippen molar-refractivity contribution < 1.29 is 8.81 Å². The number of rotatable bonds is 5. The van der Waals surface area contributed by atoms with Crippen molar-refractivity contribution in [3.8, 4) is 0 Å². The van der Waals surface area contributed by atoms with E-state index in [1.807, 2.05) is 6.07 Å². The Morgan fingerprint density at radius 2 is 2.22 bits per heavy atom. The van der Waals surface area contributed by atoms with Crippen LogP contribution in [0.15, 0.2) is 45.7 Å². The number of hydrogen-bond acceptors (Lipinski definition) is 2. The molecule has 1 heterocycles. The lowest BCUT2D eigenvalue weighted by Gasteiger charge is -2.18. The van der Waals surface area contributed by atoms with Gasteiger partial charge < -0.3 is 9.73 Å². The molecule has 1 unspecified atom stereocenters. The third-order valence-corrected chi connectivity index (χ3v) is 3.24. The highest BCUT2D eigenvalue weighted by Crippen LogP contribution is 2.27. The zero-order valence-electron chi connectivity index (χ0n) is 10.1. The first-order chi connectivity index (χ1) is 8.72. The predicted octanol–water partition coefficient (Wildman–Crippen LogP) is 4.27. The average Bonchev–Trinajstić information content (AvgIpc) is 2.88. The van der Waals surface area contributed by atoms with Gasteiger partial charge in [-0.2, -0.15) is 0 Å². The first kappa shape index (κ1) is 13.3. The maximum atomic E-state index is 13.9. The molecule has 96 valence electrons. The Labute approximate surface area is 114 Å². The summed E-state index contributed by atoms with van der Waals surface area (Å²) in [6, 6.07) is 6.65. The van der Waals surface area contributed by atoms with Gasteiger partial charge in [0.1, 0.15) is 5.82 Å². The van der Waals surface area contributed by atoms with Crippen LogP contribution in [-0.2, 0) is 0 Å². The van der Waals surface area contributed by atoms with E-state index >= 15 is 0 Å². The lowest BCUT2D eigenvalue weighted by Crippen LogP contribution is -2.23. The molecule has 0 radical (unpaired) electrons. The number of furan rings is 1. The monoisotopic (exact) mass is 311 g/mol. The molecule has 18 heavy (non-hydrogen) atoms. The molecule has 1 aromatic heterocycles. The van der Waals surface area contributed by atoms with Gasteiger partial charge in [0, 0.05) is 15.6 Å². The molecular formula is C14H15BrFNO. The first-order valence-electron chi connectivity index (χ1n) is 5.92. The molecule has 0 bridgehead atoms. The second-order valence-corrected chi connectivity index (χ2v) is 5.03. The van der Waals surface area contributed by atoms with Crippen molar-refractivity contribution in [2.24, 2.45) is 0 Å². The number of halogens is 2. The van der Waals surface area contributed by atoms with Crippen LogP contribution in [0.3, 0.4) is 0 Å². The molecule has 2 rings (SSSR count). The lowest BCUT2D eigenvalue weighted by atomic mass is 10.0. The first-order valence-corrected chi connectivity index (χ1v) is 6.72. The maximum absolute atomic E-state index is 13.9. The standard InChI is InChI=1S/C14H15BrFNO/c1-2-6-17-14(10-5-7-18-9-10)12-8-11(15)3-4-13(12)16/h3-5,7-9,14,17H,2,6H2,1H3. The number of benzene rings is 1. The Bertz CT molecular complexity index is 499. The van der Waals surface area contributed by atoms with Gasteiger partial charge in [-0.3, -0.25) is 0 Å². The highest BCUT2D eigenvalue weighted by atomic mass is 79.9. The highest BCUT2D eigenvalue weighted by molar-refractivity contribution is 9.10. The van der Waals surface area contributed by atoms with Crippen LogP contribution in [0.4, 0.5) is 4.39 Å². The normalized spacial score (nSPS) is 12.6. The number of nitrogens with one attached hydrogen (secondary N) is 1. The molecule has 0 aliphatic heterocycles. The minimum atomic E-state index is -0.215. The molecule has 0 aliphatic rings. The van der Waals surface area contributed by atoms with Crippen molar-refractivity contribution in [2.45, 2.75) is 19.4 Å². The van der Waals surface area contributed by atoms with Crippen molar-refractivity contribution in [1.29, 1.82) is 0 Å². The molecule has 1 aromatic carbocycles. The smallest absolute Gasteiger partial charge is 0.128 e. The summed E-state index contributed by atoms with van der Waals surface area (Å²) >= 11 is 3.38. The molecule has 0 aliphatic carbocycles. The molecule has 1 atom stereocenters. The summed E-state index contributed by atoms with van der Waals surface area (Å²) in [7, 11) is 0. The summed E-state index contributed by atoms with van der Waals surface area (Å²) in [6.45, 7) is 2.90. The largest absolute Gasteiger partial charge is 0.472 e. The van der Waals surface area contributed by atoms with E-state index in [1.165, 1.54) is 6.07 Å². The fraction of sp³-hybridized carbons (Fsp3) is 0.286. The molecule has 0 saturated heterocycles. The Hall–Kier alpha value is -1.13. The fourth-order valence-electron chi connectivity index (χ4n) is 1.87. The van der Waals surface area contributed by atoms with Crippen molar-refractivity contribution in [3.63, 3.8) is 0 Å². The molecule has 0 amide bonds. The summed E-state index contributed by atoms with van der Waals surface area (Å²) < 4.78 is 19.9. The zero-order valence-corrected chi connectivity index (χ0v) is 11.7. The molecule has 0 spiro atoms. The topological polar surface area (TPSA) is 25.2 Å². The Morgan fingerprint density at radius 1 is 1.39 bits per heavy atom. The second kappa shape index (κ2) is 6.16. The van der Waals surface area contributed by atoms with Gasteiger partial charge in [-0.15, -0.1) is 0 Å². The van der Waals surface area contributed by atoms with Gasteiger partial charge in [0.05, 0.1) is 18.6 Å². The van der Waals surface area contributed by atoms with Gasteiger partial charge in [0.2, 0.25) is 0 Å². The van der Waals surface area contributed by atoms with Crippen molar-refractivity contribution >= 4 is 15.9 Å². The molecule has 2 aromatic rings. The molecule has 0 fully saturated rings. The zero-order chi connectivity index (χ0) is 13.0. The Morgan fingerprint density at radius 3 is 2.89 bits per heavy atom. The third-order valence-electron chi connectivity index (χ3n) is 2.74. The predicted molar refractivity (Wildman–Crippen MR) is 72.9 cm³/mol. The van der Waals surface area contributed by atoms with Crippen LogP contribution in [0.5, 0.6) is 0 Å². The minimum Gasteiger partial charge on any atom is -0.472 e. The maximum Gasteiger partial charge on any atom is 0.128 e. The minimum absolute atomic E-state index is 0.179. The number of hydrogen-bond donors (Lipinski definition) is 1. The third kappa shape index (κ3) is 3.00. The molecule has 4 heteroatoms. The average molecular weight is 312 g/mol. The van der Waals surface area contributed by atoms with Crippen molar-refractivity contribution in [2.75, 3.05) is 6.54 Å². The fourth-order valence-corrected chi connectivity index (χ4v) is 2.25. The van der Waals surface area contributed by atoms with Gasteiger partial charge in [-0.05, 0) is 37.2 Å². The quantitative estimate of drug-likeness (QED) is 0.892. The van der Waals surface area contributed by atoms with Crippen molar-refractivity contribution in [3.05, 3.63) is 58.2 Å². The van der Waals surface area contributed by atoms with Crippen LogP contribution in [0.1, 0.15) is 30.5 Å². The van der Waals surface area contributed by atoms with E-state index in [1.54, 1.807) is 24.7 Å². The van der Waals surface area contributed by atoms with Gasteiger partial charge >= 0.3 is 0 Å². The van der Waals surface area contributed by atoms with E-state index in [9.17, 15) is 4.39 Å². The molecule has 1 N–H and O–H groups in total. The van der Waals surface area contributed by atoms with Crippen LogP contribution in [0, 0.1) is 5.82 Å². The van der Waals surface area contributed by atoms with E-state index in [0.717, 1.165) is 23.0 Å². The van der Waals surface area contributed by atoms with E-state index in [-0.39, 0.29) is 11.9 Å². The van der Waals surface area contributed by atoms with Crippen LogP contribution < -0.4 is 5.32 Å². The van der Waals surface area contributed by atoms with E-state index in [2.05, 4.69) is 28.2 Å². The van der Waals surface area contributed by atoms with E-state index in [0.29, 0.717) is 5.56 Å².